The molecular formula is C23H23N7OS2. The third-order valence-corrected chi connectivity index (χ3v) is 9.09. The Balaban J connectivity index is 1.33. The van der Waals surface area contributed by atoms with Gasteiger partial charge in [0.1, 0.15) is 11.6 Å². The normalized spacial score (nSPS) is 22.7. The molecule has 0 spiro atoms. The molecular weight excluding hydrogens is 454 g/mol. The van der Waals surface area contributed by atoms with Crippen LogP contribution in [-0.4, -0.2) is 29.4 Å². The van der Waals surface area contributed by atoms with E-state index < -0.39 is 0 Å². The minimum Gasteiger partial charge on any atom is -0.298 e. The van der Waals surface area contributed by atoms with Crippen LogP contribution in [-0.2, 0) is 5.75 Å². The highest BCUT2D eigenvalue weighted by molar-refractivity contribution is 7.98. The Hall–Kier alpha value is -2.90. The van der Waals surface area contributed by atoms with E-state index in [0.717, 1.165) is 27.7 Å². The lowest BCUT2D eigenvalue weighted by molar-refractivity contribution is 0.235. The van der Waals surface area contributed by atoms with Crippen molar-refractivity contribution in [1.82, 2.24) is 29.4 Å². The molecule has 0 aromatic carbocycles. The lowest BCUT2D eigenvalue weighted by Crippen LogP contribution is -2.23. The van der Waals surface area contributed by atoms with E-state index >= 15 is 0 Å². The molecule has 0 saturated heterocycles. The molecule has 2 saturated carbocycles. The largest absolute Gasteiger partial charge is 0.298 e. The molecule has 4 unspecified atom stereocenters. The van der Waals surface area contributed by atoms with Crippen molar-refractivity contribution in [1.29, 1.82) is 5.26 Å². The van der Waals surface area contributed by atoms with Gasteiger partial charge in [-0.25, -0.2) is 9.50 Å². The van der Waals surface area contributed by atoms with E-state index in [1.807, 2.05) is 6.07 Å². The smallest absolute Gasteiger partial charge is 0.272 e. The maximum atomic E-state index is 12.5. The Labute approximate surface area is 198 Å². The molecule has 4 heterocycles. The minimum atomic E-state index is -0.229. The fraction of sp³-hybridized carbons (Fsp3) is 0.435. The number of nitrogens with one attached hydrogen (secondary N) is 1. The van der Waals surface area contributed by atoms with Crippen LogP contribution >= 0.6 is 23.1 Å². The van der Waals surface area contributed by atoms with Crippen molar-refractivity contribution in [3.63, 3.8) is 0 Å². The molecule has 4 atom stereocenters. The summed E-state index contributed by atoms with van der Waals surface area (Å²) in [5.74, 6) is 3.72. The second-order valence-electron chi connectivity index (χ2n) is 9.07. The quantitative estimate of drug-likeness (QED) is 0.410. The van der Waals surface area contributed by atoms with E-state index in [1.165, 1.54) is 42.5 Å². The van der Waals surface area contributed by atoms with E-state index in [1.54, 1.807) is 23.1 Å². The molecule has 33 heavy (non-hydrogen) atoms. The first-order chi connectivity index (χ1) is 16.1. The SMILES string of the molecule is CC(C1CC2CCC1C2)n1c(SCc2cc(=O)n3[nH]cc(C#N)c3n2)nnc1-c1cccs1. The van der Waals surface area contributed by atoms with E-state index in [0.29, 0.717) is 34.6 Å². The average Bonchev–Trinajstić information content (AvgIpc) is 3.64. The Morgan fingerprint density at radius 1 is 1.36 bits per heavy atom. The molecule has 168 valence electrons. The van der Waals surface area contributed by atoms with E-state index in [4.69, 9.17) is 0 Å². The van der Waals surface area contributed by atoms with Crippen molar-refractivity contribution in [3.8, 4) is 16.8 Å². The van der Waals surface area contributed by atoms with Gasteiger partial charge in [0.25, 0.3) is 5.56 Å². The van der Waals surface area contributed by atoms with Crippen LogP contribution in [0.1, 0.15) is 49.9 Å². The van der Waals surface area contributed by atoms with Crippen LogP contribution < -0.4 is 5.56 Å². The molecule has 4 aromatic heterocycles. The lowest BCUT2D eigenvalue weighted by Gasteiger charge is -2.30. The maximum absolute atomic E-state index is 12.5. The molecule has 4 aromatic rings. The van der Waals surface area contributed by atoms with Gasteiger partial charge in [-0.1, -0.05) is 24.2 Å². The van der Waals surface area contributed by atoms with Crippen molar-refractivity contribution in [3.05, 3.63) is 51.4 Å². The zero-order chi connectivity index (χ0) is 22.5. The number of aromatic amines is 1. The molecule has 2 aliphatic rings. The number of H-pyrrole nitrogens is 1. The van der Waals surface area contributed by atoms with Gasteiger partial charge in [-0.05, 0) is 55.4 Å². The van der Waals surface area contributed by atoms with Crippen LogP contribution in [0.15, 0.2) is 39.7 Å². The molecule has 2 fully saturated rings. The van der Waals surface area contributed by atoms with Crippen molar-refractivity contribution >= 4 is 28.7 Å². The number of fused-ring (bicyclic) bond motifs is 3. The summed E-state index contributed by atoms with van der Waals surface area (Å²) < 4.78 is 3.60. The first kappa shape index (κ1) is 20.7. The zero-order valence-corrected chi connectivity index (χ0v) is 19.8. The summed E-state index contributed by atoms with van der Waals surface area (Å²) in [6, 6.07) is 8.04. The first-order valence-corrected chi connectivity index (χ1v) is 13.1. The van der Waals surface area contributed by atoms with Gasteiger partial charge < -0.3 is 0 Å². The molecule has 1 N–H and O–H groups in total. The van der Waals surface area contributed by atoms with Crippen LogP contribution in [0.5, 0.6) is 0 Å². The van der Waals surface area contributed by atoms with Gasteiger partial charge in [0, 0.05) is 24.1 Å². The Morgan fingerprint density at radius 2 is 2.27 bits per heavy atom. The highest BCUT2D eigenvalue weighted by Crippen LogP contribution is 2.53. The van der Waals surface area contributed by atoms with Crippen LogP contribution in [0.3, 0.4) is 0 Å². The van der Waals surface area contributed by atoms with Gasteiger partial charge >= 0.3 is 0 Å². The third kappa shape index (κ3) is 3.50. The number of nitriles is 1. The van der Waals surface area contributed by atoms with E-state index in [-0.39, 0.29) is 5.56 Å². The number of rotatable bonds is 6. The number of nitrogens with zero attached hydrogens (tertiary/aromatic N) is 6. The van der Waals surface area contributed by atoms with Gasteiger partial charge in [0.2, 0.25) is 0 Å². The molecule has 6 rings (SSSR count). The summed E-state index contributed by atoms with van der Waals surface area (Å²) in [7, 11) is 0. The summed E-state index contributed by atoms with van der Waals surface area (Å²) in [6.45, 7) is 2.31. The Kier molecular flexibility index (Phi) is 5.11. The highest BCUT2D eigenvalue weighted by Gasteiger charge is 2.43. The standard InChI is InChI=1S/C23H23N7OS2/c1-13(18-8-14-4-5-15(18)7-14)29-22(19-3-2-6-32-19)27-28-23(29)33-12-17-9-20(31)30-21(26-17)16(10-24)11-25-30/h2-3,6,9,11,13-15,18,25H,4-5,7-8,12H2,1H3. The predicted molar refractivity (Wildman–Crippen MR) is 127 cm³/mol. The van der Waals surface area contributed by atoms with E-state index in [9.17, 15) is 10.1 Å². The predicted octanol–water partition coefficient (Wildman–Crippen LogP) is 4.50. The van der Waals surface area contributed by atoms with Gasteiger partial charge in [-0.2, -0.15) is 5.26 Å². The third-order valence-electron chi connectivity index (χ3n) is 7.25. The lowest BCUT2D eigenvalue weighted by atomic mass is 9.84. The molecule has 10 heteroatoms. The summed E-state index contributed by atoms with van der Waals surface area (Å²) in [6.07, 6.45) is 6.87. The number of hydrogen-bond donors (Lipinski definition) is 1. The number of thiophene rings is 1. The molecule has 0 aliphatic heterocycles. The van der Waals surface area contributed by atoms with Crippen LogP contribution in [0.4, 0.5) is 0 Å². The van der Waals surface area contributed by atoms with Crippen LogP contribution in [0.2, 0.25) is 0 Å². The van der Waals surface area contributed by atoms with Crippen molar-refractivity contribution in [2.45, 2.75) is 49.6 Å². The van der Waals surface area contributed by atoms with Crippen LogP contribution in [0, 0.1) is 29.1 Å². The molecule has 0 radical (unpaired) electrons. The molecule has 2 aliphatic carbocycles. The summed E-state index contributed by atoms with van der Waals surface area (Å²) in [4.78, 5) is 18.1. The number of thioether (sulfide) groups is 1. The molecule has 2 bridgehead atoms. The fourth-order valence-corrected chi connectivity index (χ4v) is 7.34. The average molecular weight is 478 g/mol. The van der Waals surface area contributed by atoms with Crippen molar-refractivity contribution in [2.75, 3.05) is 0 Å². The Bertz CT molecular complexity index is 1410. The Morgan fingerprint density at radius 3 is 3.00 bits per heavy atom. The fourth-order valence-electron chi connectivity index (χ4n) is 5.72. The molecule has 8 nitrogen and oxygen atoms in total. The zero-order valence-electron chi connectivity index (χ0n) is 18.1. The second-order valence-corrected chi connectivity index (χ2v) is 11.0. The number of aromatic nitrogens is 6. The second kappa shape index (κ2) is 8.15. The monoisotopic (exact) mass is 477 g/mol. The van der Waals surface area contributed by atoms with Gasteiger partial charge in [0.05, 0.1) is 10.6 Å². The van der Waals surface area contributed by atoms with Gasteiger partial charge in [-0.3, -0.25) is 14.5 Å². The summed E-state index contributed by atoms with van der Waals surface area (Å²) in [5.41, 5.74) is 1.11. The minimum absolute atomic E-state index is 0.229. The van der Waals surface area contributed by atoms with Crippen LogP contribution in [0.25, 0.3) is 16.3 Å². The van der Waals surface area contributed by atoms with Crippen molar-refractivity contribution < 1.29 is 0 Å². The van der Waals surface area contributed by atoms with Gasteiger partial charge in [-0.15, -0.1) is 21.5 Å². The highest BCUT2D eigenvalue weighted by atomic mass is 32.2. The summed E-state index contributed by atoms with van der Waals surface area (Å²) in [5, 5.41) is 24.1. The van der Waals surface area contributed by atoms with Gasteiger partial charge in [0.15, 0.2) is 16.6 Å². The maximum Gasteiger partial charge on any atom is 0.272 e. The first-order valence-electron chi connectivity index (χ1n) is 11.2. The van der Waals surface area contributed by atoms with Crippen molar-refractivity contribution in [2.24, 2.45) is 17.8 Å². The topological polar surface area (TPSA) is 105 Å². The summed E-state index contributed by atoms with van der Waals surface area (Å²) >= 11 is 3.23. The number of hydrogen-bond acceptors (Lipinski definition) is 7. The van der Waals surface area contributed by atoms with E-state index in [2.05, 4.69) is 49.3 Å². The molecule has 0 amide bonds.